The molecule has 0 atom stereocenters. The SMILES string of the molecule is CC(=O)C12CCCCC1(O)CCCC2. The van der Waals surface area contributed by atoms with E-state index in [1.54, 1.807) is 6.92 Å². The highest BCUT2D eigenvalue weighted by molar-refractivity contribution is 5.84. The highest BCUT2D eigenvalue weighted by Crippen LogP contribution is 2.53. The summed E-state index contributed by atoms with van der Waals surface area (Å²) in [6, 6.07) is 0. The molecule has 0 saturated heterocycles. The Balaban J connectivity index is 2.34. The lowest BCUT2D eigenvalue weighted by Gasteiger charge is -2.52. The van der Waals surface area contributed by atoms with Crippen LogP contribution in [0.1, 0.15) is 58.3 Å². The maximum Gasteiger partial charge on any atom is 0.138 e. The number of hydrogen-bond donors (Lipinski definition) is 1. The Morgan fingerprint density at radius 3 is 1.79 bits per heavy atom. The number of aliphatic hydroxyl groups is 1. The van der Waals surface area contributed by atoms with Gasteiger partial charge in [0.25, 0.3) is 0 Å². The Labute approximate surface area is 85.7 Å². The van der Waals surface area contributed by atoms with Gasteiger partial charge in [-0.1, -0.05) is 25.7 Å². The highest BCUT2D eigenvalue weighted by atomic mass is 16.3. The summed E-state index contributed by atoms with van der Waals surface area (Å²) in [7, 11) is 0. The molecule has 0 heterocycles. The number of Topliss-reactive ketones (excluding diaryl/α,β-unsaturated/α-hetero) is 1. The van der Waals surface area contributed by atoms with Crippen molar-refractivity contribution in [3.05, 3.63) is 0 Å². The molecule has 0 amide bonds. The van der Waals surface area contributed by atoms with Crippen LogP contribution in [-0.4, -0.2) is 16.5 Å². The molecule has 14 heavy (non-hydrogen) atoms. The van der Waals surface area contributed by atoms with Crippen LogP contribution < -0.4 is 0 Å². The molecule has 0 aromatic carbocycles. The van der Waals surface area contributed by atoms with Gasteiger partial charge in [0, 0.05) is 0 Å². The third kappa shape index (κ3) is 1.23. The molecule has 2 nitrogen and oxygen atoms in total. The average Bonchev–Trinajstić information content (AvgIpc) is 2.16. The van der Waals surface area contributed by atoms with E-state index in [2.05, 4.69) is 0 Å². The summed E-state index contributed by atoms with van der Waals surface area (Å²) in [4.78, 5) is 11.8. The standard InChI is InChI=1S/C12H20O2/c1-10(13)11-6-2-4-8-12(11,14)9-5-3-7-11/h14H,2-9H2,1H3. The summed E-state index contributed by atoms with van der Waals surface area (Å²) < 4.78 is 0. The van der Waals surface area contributed by atoms with Crippen molar-refractivity contribution in [2.75, 3.05) is 0 Å². The molecule has 2 saturated carbocycles. The van der Waals surface area contributed by atoms with Crippen molar-refractivity contribution in [3.63, 3.8) is 0 Å². The first kappa shape index (κ1) is 10.2. The van der Waals surface area contributed by atoms with Crippen molar-refractivity contribution in [2.24, 2.45) is 5.41 Å². The fourth-order valence-corrected chi connectivity index (χ4v) is 3.56. The van der Waals surface area contributed by atoms with Gasteiger partial charge in [0.15, 0.2) is 0 Å². The average molecular weight is 196 g/mol. The molecule has 2 heteroatoms. The van der Waals surface area contributed by atoms with Crippen LogP contribution in [0.5, 0.6) is 0 Å². The monoisotopic (exact) mass is 196 g/mol. The van der Waals surface area contributed by atoms with Gasteiger partial charge in [-0.3, -0.25) is 4.79 Å². The summed E-state index contributed by atoms with van der Waals surface area (Å²) in [5.74, 6) is 0.222. The van der Waals surface area contributed by atoms with E-state index in [0.29, 0.717) is 0 Å². The topological polar surface area (TPSA) is 37.3 Å². The van der Waals surface area contributed by atoms with Crippen LogP contribution in [-0.2, 0) is 4.79 Å². The minimum absolute atomic E-state index is 0.222. The molecule has 0 aliphatic heterocycles. The van der Waals surface area contributed by atoms with Crippen LogP contribution in [0.15, 0.2) is 0 Å². The summed E-state index contributed by atoms with van der Waals surface area (Å²) >= 11 is 0. The number of carbonyl (C=O) groups is 1. The lowest BCUT2D eigenvalue weighted by Crippen LogP contribution is -2.56. The summed E-state index contributed by atoms with van der Waals surface area (Å²) in [5.41, 5.74) is -1.03. The van der Waals surface area contributed by atoms with E-state index in [1.165, 1.54) is 0 Å². The lowest BCUT2D eigenvalue weighted by molar-refractivity contribution is -0.166. The summed E-state index contributed by atoms with van der Waals surface area (Å²) in [6.07, 6.45) is 7.91. The Morgan fingerprint density at radius 2 is 1.43 bits per heavy atom. The van der Waals surface area contributed by atoms with Crippen molar-refractivity contribution < 1.29 is 9.90 Å². The molecule has 2 aliphatic carbocycles. The number of ketones is 1. The van der Waals surface area contributed by atoms with Gasteiger partial charge < -0.3 is 5.11 Å². The smallest absolute Gasteiger partial charge is 0.138 e. The lowest BCUT2D eigenvalue weighted by atomic mass is 9.55. The summed E-state index contributed by atoms with van der Waals surface area (Å²) in [5, 5.41) is 10.6. The van der Waals surface area contributed by atoms with Gasteiger partial charge >= 0.3 is 0 Å². The highest BCUT2D eigenvalue weighted by Gasteiger charge is 2.55. The largest absolute Gasteiger partial charge is 0.389 e. The van der Waals surface area contributed by atoms with Crippen LogP contribution in [0.25, 0.3) is 0 Å². The predicted molar refractivity (Wildman–Crippen MR) is 55.0 cm³/mol. The maximum absolute atomic E-state index is 11.8. The first-order chi connectivity index (χ1) is 6.61. The number of rotatable bonds is 1. The Hall–Kier alpha value is -0.370. The predicted octanol–water partition coefficient (Wildman–Crippen LogP) is 2.44. The fourth-order valence-electron chi connectivity index (χ4n) is 3.56. The van der Waals surface area contributed by atoms with Gasteiger partial charge in [0.2, 0.25) is 0 Å². The zero-order valence-electron chi connectivity index (χ0n) is 9.01. The van der Waals surface area contributed by atoms with Crippen LogP contribution in [0.2, 0.25) is 0 Å². The Bertz CT molecular complexity index is 233. The van der Waals surface area contributed by atoms with Gasteiger partial charge in [-0.25, -0.2) is 0 Å². The molecule has 2 fully saturated rings. The van der Waals surface area contributed by atoms with Crippen LogP contribution in [0, 0.1) is 5.41 Å². The van der Waals surface area contributed by atoms with Crippen LogP contribution in [0.4, 0.5) is 0 Å². The van der Waals surface area contributed by atoms with Crippen molar-refractivity contribution in [1.82, 2.24) is 0 Å². The van der Waals surface area contributed by atoms with Crippen molar-refractivity contribution in [2.45, 2.75) is 63.9 Å². The van der Waals surface area contributed by atoms with E-state index in [4.69, 9.17) is 0 Å². The van der Waals surface area contributed by atoms with Crippen LogP contribution >= 0.6 is 0 Å². The van der Waals surface area contributed by atoms with E-state index in [-0.39, 0.29) is 11.2 Å². The maximum atomic E-state index is 11.8. The molecule has 1 N–H and O–H groups in total. The van der Waals surface area contributed by atoms with Gasteiger partial charge in [0.05, 0.1) is 11.0 Å². The molecule has 0 spiro atoms. The molecule has 2 aliphatic rings. The molecule has 2 rings (SSSR count). The van der Waals surface area contributed by atoms with Gasteiger partial charge in [-0.15, -0.1) is 0 Å². The fraction of sp³-hybridized carbons (Fsp3) is 0.917. The number of carbonyl (C=O) groups excluding carboxylic acids is 1. The number of fused-ring (bicyclic) bond motifs is 1. The third-order valence-electron chi connectivity index (χ3n) is 4.45. The molecular formula is C12H20O2. The van der Waals surface area contributed by atoms with E-state index >= 15 is 0 Å². The summed E-state index contributed by atoms with van der Waals surface area (Å²) in [6.45, 7) is 1.67. The second kappa shape index (κ2) is 3.34. The normalized spacial score (nSPS) is 43.0. The quantitative estimate of drug-likeness (QED) is 0.699. The molecule has 0 bridgehead atoms. The second-order valence-corrected chi connectivity index (χ2v) is 5.08. The van der Waals surface area contributed by atoms with Crippen molar-refractivity contribution in [3.8, 4) is 0 Å². The first-order valence-electron chi connectivity index (χ1n) is 5.84. The number of hydrogen-bond acceptors (Lipinski definition) is 2. The van der Waals surface area contributed by atoms with E-state index in [0.717, 1.165) is 51.4 Å². The van der Waals surface area contributed by atoms with Gasteiger partial charge in [0.1, 0.15) is 5.78 Å². The second-order valence-electron chi connectivity index (χ2n) is 5.08. The molecule has 0 radical (unpaired) electrons. The van der Waals surface area contributed by atoms with E-state index in [9.17, 15) is 9.90 Å². The first-order valence-corrected chi connectivity index (χ1v) is 5.84. The van der Waals surface area contributed by atoms with E-state index in [1.807, 2.05) is 0 Å². The third-order valence-corrected chi connectivity index (χ3v) is 4.45. The van der Waals surface area contributed by atoms with Gasteiger partial charge in [-0.05, 0) is 32.6 Å². The van der Waals surface area contributed by atoms with Crippen LogP contribution in [0.3, 0.4) is 0 Å². The van der Waals surface area contributed by atoms with Crippen molar-refractivity contribution >= 4 is 5.78 Å². The molecule has 0 unspecified atom stereocenters. The molecule has 0 aromatic heterocycles. The molecular weight excluding hydrogens is 176 g/mol. The zero-order chi connectivity index (χ0) is 10.2. The van der Waals surface area contributed by atoms with Crippen molar-refractivity contribution in [1.29, 1.82) is 0 Å². The minimum Gasteiger partial charge on any atom is -0.389 e. The van der Waals surface area contributed by atoms with Gasteiger partial charge in [-0.2, -0.15) is 0 Å². The Kier molecular flexibility index (Phi) is 2.42. The minimum atomic E-state index is -0.657. The van der Waals surface area contributed by atoms with E-state index < -0.39 is 5.60 Å². The molecule has 80 valence electrons. The zero-order valence-corrected chi connectivity index (χ0v) is 9.01. The Morgan fingerprint density at radius 1 is 1.00 bits per heavy atom. The molecule has 0 aromatic rings.